The number of carbonyl (C=O) groups excluding carboxylic acids is 1. The van der Waals surface area contributed by atoms with E-state index in [0.29, 0.717) is 17.5 Å². The molecule has 0 atom stereocenters. The summed E-state index contributed by atoms with van der Waals surface area (Å²) in [5.74, 6) is -4.70. The highest BCUT2D eigenvalue weighted by Gasteiger charge is 2.24. The molecule has 0 aliphatic rings. The van der Waals surface area contributed by atoms with Gasteiger partial charge in [-0.1, -0.05) is 6.07 Å². The maximum absolute atomic E-state index is 13.2. The summed E-state index contributed by atoms with van der Waals surface area (Å²) in [5.41, 5.74) is 2.51. The van der Waals surface area contributed by atoms with Crippen molar-refractivity contribution in [3.8, 4) is 11.3 Å². The fourth-order valence-electron chi connectivity index (χ4n) is 1.91. The van der Waals surface area contributed by atoms with E-state index < -0.39 is 17.8 Å². The molecule has 1 heterocycles. The van der Waals surface area contributed by atoms with E-state index in [1.54, 1.807) is 24.4 Å². The van der Waals surface area contributed by atoms with Gasteiger partial charge in [-0.3, -0.25) is 9.98 Å². The van der Waals surface area contributed by atoms with E-state index in [9.17, 15) is 13.6 Å². The molecule has 4 nitrogen and oxygen atoms in total. The van der Waals surface area contributed by atoms with Crippen molar-refractivity contribution >= 4 is 29.5 Å². The molecule has 1 aromatic carbocycles. The summed E-state index contributed by atoms with van der Waals surface area (Å²) < 4.78 is 31.2. The SMILES string of the molecule is COC(=O)c1cc(N=CC(F)(F)CCl)cc(-c2ccc(C)cn2)c1. The fraction of sp³-hybridized carbons (Fsp3) is 0.235. The van der Waals surface area contributed by atoms with E-state index in [4.69, 9.17) is 11.6 Å². The van der Waals surface area contributed by atoms with Crippen molar-refractivity contribution in [1.29, 1.82) is 0 Å². The van der Waals surface area contributed by atoms with Crippen LogP contribution in [0.3, 0.4) is 0 Å². The van der Waals surface area contributed by atoms with Crippen LogP contribution in [0.15, 0.2) is 41.5 Å². The van der Waals surface area contributed by atoms with Crippen LogP contribution in [0.25, 0.3) is 11.3 Å². The van der Waals surface area contributed by atoms with Crippen LogP contribution in [0.5, 0.6) is 0 Å². The number of carbonyl (C=O) groups is 1. The number of aryl methyl sites for hydroxylation is 1. The van der Waals surface area contributed by atoms with Crippen molar-refractivity contribution in [2.45, 2.75) is 12.8 Å². The van der Waals surface area contributed by atoms with Crippen LogP contribution >= 0.6 is 11.6 Å². The number of nitrogens with zero attached hydrogens (tertiary/aromatic N) is 2. The number of esters is 1. The summed E-state index contributed by atoms with van der Waals surface area (Å²) >= 11 is 5.18. The number of hydrogen-bond acceptors (Lipinski definition) is 4. The minimum absolute atomic E-state index is 0.181. The molecule has 2 aromatic rings. The van der Waals surface area contributed by atoms with Crippen LogP contribution in [0.4, 0.5) is 14.5 Å². The maximum atomic E-state index is 13.2. The van der Waals surface area contributed by atoms with Gasteiger partial charge in [0.05, 0.1) is 36.1 Å². The van der Waals surface area contributed by atoms with Crippen molar-refractivity contribution in [3.63, 3.8) is 0 Å². The third-order valence-corrected chi connectivity index (χ3v) is 3.48. The Labute approximate surface area is 143 Å². The van der Waals surface area contributed by atoms with Crippen LogP contribution in [0.1, 0.15) is 15.9 Å². The second-order valence-corrected chi connectivity index (χ2v) is 5.40. The average Bonchev–Trinajstić information content (AvgIpc) is 2.59. The Kier molecular flexibility index (Phi) is 5.62. The van der Waals surface area contributed by atoms with Gasteiger partial charge in [-0.05, 0) is 36.8 Å². The normalized spacial score (nSPS) is 11.7. The summed E-state index contributed by atoms with van der Waals surface area (Å²) in [6, 6.07) is 8.13. The Balaban J connectivity index is 2.49. The Morgan fingerprint density at radius 3 is 2.71 bits per heavy atom. The molecule has 0 unspecified atom stereocenters. The first-order valence-corrected chi connectivity index (χ1v) is 7.53. The summed E-state index contributed by atoms with van der Waals surface area (Å²) in [4.78, 5) is 19.8. The zero-order chi connectivity index (χ0) is 17.7. The van der Waals surface area contributed by atoms with Gasteiger partial charge in [0.15, 0.2) is 0 Å². The van der Waals surface area contributed by atoms with E-state index in [0.717, 1.165) is 5.56 Å². The molecule has 0 aliphatic carbocycles. The minimum Gasteiger partial charge on any atom is -0.465 e. The third-order valence-electron chi connectivity index (χ3n) is 3.13. The minimum atomic E-state index is -3.23. The van der Waals surface area contributed by atoms with E-state index in [1.807, 2.05) is 13.0 Å². The lowest BCUT2D eigenvalue weighted by atomic mass is 10.1. The number of aromatic nitrogens is 1. The Bertz CT molecular complexity index is 762. The zero-order valence-electron chi connectivity index (χ0n) is 13.1. The first-order valence-electron chi connectivity index (χ1n) is 7.00. The lowest BCUT2D eigenvalue weighted by Crippen LogP contribution is -2.19. The molecule has 24 heavy (non-hydrogen) atoms. The molecule has 0 bridgehead atoms. The number of aliphatic imine (C=N–C) groups is 1. The molecule has 0 amide bonds. The van der Waals surface area contributed by atoms with Gasteiger partial charge >= 0.3 is 5.97 Å². The van der Waals surface area contributed by atoms with Crippen LogP contribution in [-0.4, -0.2) is 36.1 Å². The maximum Gasteiger partial charge on any atom is 0.337 e. The molecule has 7 heteroatoms. The topological polar surface area (TPSA) is 51.5 Å². The quantitative estimate of drug-likeness (QED) is 0.454. The second-order valence-electron chi connectivity index (χ2n) is 5.13. The summed E-state index contributed by atoms with van der Waals surface area (Å²) in [5, 5.41) is 0. The molecule has 0 saturated heterocycles. The predicted molar refractivity (Wildman–Crippen MR) is 89.6 cm³/mol. The number of rotatable bonds is 5. The lowest BCUT2D eigenvalue weighted by Gasteiger charge is -2.08. The average molecular weight is 353 g/mol. The Hall–Kier alpha value is -2.34. The number of hydrogen-bond donors (Lipinski definition) is 0. The number of methoxy groups -OCH3 is 1. The first-order chi connectivity index (χ1) is 11.3. The molecule has 0 aliphatic heterocycles. The van der Waals surface area contributed by atoms with Crippen molar-refractivity contribution in [3.05, 3.63) is 47.7 Å². The van der Waals surface area contributed by atoms with Gasteiger partial charge in [0.25, 0.3) is 5.92 Å². The van der Waals surface area contributed by atoms with Crippen molar-refractivity contribution in [2.24, 2.45) is 4.99 Å². The van der Waals surface area contributed by atoms with E-state index in [-0.39, 0.29) is 11.3 Å². The summed E-state index contributed by atoms with van der Waals surface area (Å²) in [6.45, 7) is 1.89. The fourth-order valence-corrected chi connectivity index (χ4v) is 1.98. The van der Waals surface area contributed by atoms with Gasteiger partial charge in [0.1, 0.15) is 0 Å². The van der Waals surface area contributed by atoms with Gasteiger partial charge in [-0.25, -0.2) is 4.79 Å². The van der Waals surface area contributed by atoms with Crippen molar-refractivity contribution in [1.82, 2.24) is 4.98 Å². The molecule has 126 valence electrons. The third kappa shape index (κ3) is 4.58. The van der Waals surface area contributed by atoms with E-state index >= 15 is 0 Å². The Morgan fingerprint density at radius 2 is 2.12 bits per heavy atom. The van der Waals surface area contributed by atoms with Gasteiger partial charge in [0, 0.05) is 11.8 Å². The number of benzene rings is 1. The molecule has 0 spiro atoms. The lowest BCUT2D eigenvalue weighted by molar-refractivity contribution is 0.0600. The van der Waals surface area contributed by atoms with E-state index in [2.05, 4.69) is 14.7 Å². The largest absolute Gasteiger partial charge is 0.465 e. The Morgan fingerprint density at radius 1 is 1.38 bits per heavy atom. The van der Waals surface area contributed by atoms with Crippen LogP contribution in [0, 0.1) is 6.92 Å². The molecule has 0 saturated carbocycles. The molecular weight excluding hydrogens is 338 g/mol. The number of alkyl halides is 3. The molecular formula is C17H15ClF2N2O2. The highest BCUT2D eigenvalue weighted by atomic mass is 35.5. The van der Waals surface area contributed by atoms with Crippen LogP contribution in [0.2, 0.25) is 0 Å². The van der Waals surface area contributed by atoms with Crippen LogP contribution in [-0.2, 0) is 4.74 Å². The number of ether oxygens (including phenoxy) is 1. The summed E-state index contributed by atoms with van der Waals surface area (Å²) in [7, 11) is 1.24. The molecule has 0 fully saturated rings. The second kappa shape index (κ2) is 7.49. The molecule has 2 rings (SSSR count). The smallest absolute Gasteiger partial charge is 0.337 e. The highest BCUT2D eigenvalue weighted by Crippen LogP contribution is 2.26. The zero-order valence-corrected chi connectivity index (χ0v) is 13.8. The molecule has 0 radical (unpaired) electrons. The van der Waals surface area contributed by atoms with Crippen molar-refractivity contribution in [2.75, 3.05) is 13.0 Å². The molecule has 1 aromatic heterocycles. The standard InChI is InChI=1S/C17H15ClF2N2O2/c1-11-3-4-15(21-8-11)12-5-13(16(23)24-2)7-14(6-12)22-10-17(19,20)9-18/h3-8,10H,9H2,1-2H3. The van der Waals surface area contributed by atoms with E-state index in [1.165, 1.54) is 13.2 Å². The predicted octanol–water partition coefficient (Wildman–Crippen LogP) is 4.42. The summed E-state index contributed by atoms with van der Waals surface area (Å²) in [6.07, 6.45) is 2.13. The van der Waals surface area contributed by atoms with Gasteiger partial charge in [-0.15, -0.1) is 11.6 Å². The number of halogens is 3. The monoisotopic (exact) mass is 352 g/mol. The van der Waals surface area contributed by atoms with Gasteiger partial charge in [0.2, 0.25) is 0 Å². The van der Waals surface area contributed by atoms with Crippen LogP contribution < -0.4 is 0 Å². The van der Waals surface area contributed by atoms with Gasteiger partial charge in [-0.2, -0.15) is 8.78 Å². The first kappa shape index (κ1) is 18.0. The highest BCUT2D eigenvalue weighted by molar-refractivity contribution is 6.19. The van der Waals surface area contributed by atoms with Crippen molar-refractivity contribution < 1.29 is 18.3 Å². The van der Waals surface area contributed by atoms with Gasteiger partial charge < -0.3 is 4.74 Å². The molecule has 0 N–H and O–H groups in total. The number of pyridine rings is 1.